The molecule has 0 radical (unpaired) electrons. The minimum absolute atomic E-state index is 0.0989. The number of ether oxygens (including phenoxy) is 1. The number of carbonyl (C=O) groups excluding carboxylic acids is 2. The van der Waals surface area contributed by atoms with Crippen LogP contribution in [-0.2, 0) is 14.3 Å². The van der Waals surface area contributed by atoms with Crippen LogP contribution in [0.2, 0.25) is 0 Å². The molecule has 0 aliphatic carbocycles. The Morgan fingerprint density at radius 2 is 1.88 bits per heavy atom. The van der Waals surface area contributed by atoms with Crippen molar-refractivity contribution in [3.8, 4) is 0 Å². The highest BCUT2D eigenvalue weighted by atomic mass is 32.2. The lowest BCUT2D eigenvalue weighted by atomic mass is 10.2. The molecule has 2 heterocycles. The summed E-state index contributed by atoms with van der Waals surface area (Å²) < 4.78 is 5.23. The predicted molar refractivity (Wildman–Crippen MR) is 106 cm³/mol. The van der Waals surface area contributed by atoms with Crippen LogP contribution in [0.5, 0.6) is 0 Å². The molecule has 2 aromatic rings. The molecule has 142 valence electrons. The second-order valence-corrected chi connectivity index (χ2v) is 8.77. The van der Waals surface area contributed by atoms with Crippen LogP contribution in [0, 0.1) is 26.7 Å². The fraction of sp³-hybridized carbons (Fsp3) is 0.556. The molecule has 8 heteroatoms. The molecule has 0 saturated carbocycles. The van der Waals surface area contributed by atoms with E-state index in [0.717, 1.165) is 20.8 Å². The van der Waals surface area contributed by atoms with Gasteiger partial charge in [-0.3, -0.25) is 9.59 Å². The Kier molecular flexibility index (Phi) is 7.00. The van der Waals surface area contributed by atoms with Crippen LogP contribution in [0.1, 0.15) is 37.0 Å². The average Bonchev–Trinajstić information content (AvgIpc) is 2.84. The van der Waals surface area contributed by atoms with Crippen LogP contribution in [0.4, 0.5) is 0 Å². The van der Waals surface area contributed by atoms with Crippen molar-refractivity contribution in [3.63, 3.8) is 0 Å². The second kappa shape index (κ2) is 8.81. The molecule has 1 atom stereocenters. The zero-order valence-corrected chi connectivity index (χ0v) is 17.6. The fourth-order valence-electron chi connectivity index (χ4n) is 2.28. The summed E-state index contributed by atoms with van der Waals surface area (Å²) in [6.45, 7) is 12.1. The summed E-state index contributed by atoms with van der Waals surface area (Å²) in [7, 11) is 0. The SMILES string of the molecule is Cc1nc(SCC(=O)O[C@H](C)C(=O)NCC(C)C)c2c(C)c(C)sc2n1. The molecule has 0 bridgehead atoms. The van der Waals surface area contributed by atoms with Gasteiger partial charge in [-0.2, -0.15) is 0 Å². The number of esters is 1. The molecule has 0 aliphatic rings. The van der Waals surface area contributed by atoms with Crippen LogP contribution in [0.3, 0.4) is 0 Å². The highest BCUT2D eigenvalue weighted by molar-refractivity contribution is 8.00. The number of rotatable bonds is 7. The van der Waals surface area contributed by atoms with Gasteiger partial charge in [0.15, 0.2) is 6.10 Å². The smallest absolute Gasteiger partial charge is 0.317 e. The number of nitrogens with zero attached hydrogens (tertiary/aromatic N) is 2. The van der Waals surface area contributed by atoms with Crippen molar-refractivity contribution in [2.45, 2.75) is 52.7 Å². The van der Waals surface area contributed by atoms with Crippen LogP contribution >= 0.6 is 23.1 Å². The molecule has 0 saturated heterocycles. The molecular formula is C18H25N3O3S2. The first kappa shape index (κ1) is 20.6. The van der Waals surface area contributed by atoms with E-state index in [1.165, 1.54) is 16.6 Å². The molecule has 6 nitrogen and oxygen atoms in total. The topological polar surface area (TPSA) is 81.2 Å². The number of aromatic nitrogens is 2. The van der Waals surface area contributed by atoms with Gasteiger partial charge < -0.3 is 10.1 Å². The van der Waals surface area contributed by atoms with E-state index in [1.54, 1.807) is 18.3 Å². The molecule has 26 heavy (non-hydrogen) atoms. The number of amides is 1. The molecule has 0 unspecified atom stereocenters. The van der Waals surface area contributed by atoms with Gasteiger partial charge in [-0.15, -0.1) is 11.3 Å². The zero-order valence-electron chi connectivity index (χ0n) is 16.0. The first-order chi connectivity index (χ1) is 12.2. The average molecular weight is 396 g/mol. The van der Waals surface area contributed by atoms with Gasteiger partial charge in [0, 0.05) is 16.8 Å². The number of fused-ring (bicyclic) bond motifs is 1. The van der Waals surface area contributed by atoms with Crippen molar-refractivity contribution in [1.82, 2.24) is 15.3 Å². The van der Waals surface area contributed by atoms with Gasteiger partial charge in [-0.05, 0) is 39.2 Å². The van der Waals surface area contributed by atoms with Crippen molar-refractivity contribution in [3.05, 3.63) is 16.3 Å². The maximum Gasteiger partial charge on any atom is 0.317 e. The maximum absolute atomic E-state index is 12.1. The van der Waals surface area contributed by atoms with E-state index in [1.807, 2.05) is 27.7 Å². The van der Waals surface area contributed by atoms with Crippen LogP contribution in [0.15, 0.2) is 5.03 Å². The predicted octanol–water partition coefficient (Wildman–Crippen LogP) is 3.41. The molecule has 2 aromatic heterocycles. The Labute approximate surface area is 162 Å². The minimum atomic E-state index is -0.806. The standard InChI is InChI=1S/C18H25N3O3S2/c1-9(2)7-19-16(23)11(4)24-14(22)8-25-17-15-10(3)12(5)26-18(15)21-13(6)20-17/h9,11H,7-8H2,1-6H3,(H,19,23)/t11-/m1/s1. The Hall–Kier alpha value is -1.67. The number of aryl methyl sites for hydroxylation is 3. The number of hydrogen-bond acceptors (Lipinski definition) is 7. The first-order valence-electron chi connectivity index (χ1n) is 8.53. The van der Waals surface area contributed by atoms with Gasteiger partial charge in [-0.1, -0.05) is 25.6 Å². The molecule has 0 aliphatic heterocycles. The lowest BCUT2D eigenvalue weighted by Crippen LogP contribution is -2.37. The number of hydrogen-bond donors (Lipinski definition) is 1. The second-order valence-electron chi connectivity index (χ2n) is 6.60. The van der Waals surface area contributed by atoms with E-state index in [9.17, 15) is 9.59 Å². The fourth-order valence-corrected chi connectivity index (χ4v) is 4.33. The van der Waals surface area contributed by atoms with Gasteiger partial charge in [0.2, 0.25) is 0 Å². The summed E-state index contributed by atoms with van der Waals surface area (Å²) in [5, 5.41) is 4.54. The number of thiophene rings is 1. The summed E-state index contributed by atoms with van der Waals surface area (Å²) in [5.74, 6) is 0.411. The highest BCUT2D eigenvalue weighted by Gasteiger charge is 2.19. The van der Waals surface area contributed by atoms with Crippen molar-refractivity contribution in [2.75, 3.05) is 12.3 Å². The van der Waals surface area contributed by atoms with Crippen LogP contribution in [-0.4, -0.2) is 40.2 Å². The minimum Gasteiger partial charge on any atom is -0.452 e. The number of carbonyl (C=O) groups is 2. The quantitative estimate of drug-likeness (QED) is 0.440. The Morgan fingerprint density at radius 1 is 1.19 bits per heavy atom. The first-order valence-corrected chi connectivity index (χ1v) is 10.3. The van der Waals surface area contributed by atoms with Gasteiger partial charge in [0.1, 0.15) is 15.7 Å². The summed E-state index contributed by atoms with van der Waals surface area (Å²) in [6.07, 6.45) is -0.806. The van der Waals surface area contributed by atoms with E-state index in [-0.39, 0.29) is 11.7 Å². The van der Waals surface area contributed by atoms with Gasteiger partial charge in [-0.25, -0.2) is 9.97 Å². The van der Waals surface area contributed by atoms with E-state index in [0.29, 0.717) is 18.3 Å². The molecule has 1 N–H and O–H groups in total. The van der Waals surface area contributed by atoms with Crippen LogP contribution < -0.4 is 5.32 Å². The third-order valence-corrected chi connectivity index (χ3v) is 5.85. The van der Waals surface area contributed by atoms with E-state index < -0.39 is 12.1 Å². The molecule has 2 rings (SSSR count). The molecular weight excluding hydrogens is 370 g/mol. The number of thioether (sulfide) groups is 1. The Bertz CT molecular complexity index is 818. The number of nitrogens with one attached hydrogen (secondary N) is 1. The third-order valence-electron chi connectivity index (χ3n) is 3.80. The molecule has 1 amide bonds. The summed E-state index contributed by atoms with van der Waals surface area (Å²) in [5.41, 5.74) is 1.14. The van der Waals surface area contributed by atoms with Crippen molar-refractivity contribution >= 4 is 45.2 Å². The van der Waals surface area contributed by atoms with Gasteiger partial charge in [0.25, 0.3) is 5.91 Å². The monoisotopic (exact) mass is 395 g/mol. The van der Waals surface area contributed by atoms with E-state index in [2.05, 4.69) is 22.2 Å². The lowest BCUT2D eigenvalue weighted by molar-refractivity contribution is -0.152. The van der Waals surface area contributed by atoms with Gasteiger partial charge in [0.05, 0.1) is 5.75 Å². The van der Waals surface area contributed by atoms with Gasteiger partial charge >= 0.3 is 5.97 Å². The molecule has 0 spiro atoms. The molecule has 0 fully saturated rings. The van der Waals surface area contributed by atoms with Crippen molar-refractivity contribution < 1.29 is 14.3 Å². The van der Waals surface area contributed by atoms with Crippen molar-refractivity contribution in [2.24, 2.45) is 5.92 Å². The Morgan fingerprint density at radius 3 is 2.54 bits per heavy atom. The lowest BCUT2D eigenvalue weighted by Gasteiger charge is -2.14. The highest BCUT2D eigenvalue weighted by Crippen LogP contribution is 2.35. The van der Waals surface area contributed by atoms with Crippen molar-refractivity contribution in [1.29, 1.82) is 0 Å². The maximum atomic E-state index is 12.1. The Balaban J connectivity index is 1.99. The normalized spacial score (nSPS) is 12.4. The van der Waals surface area contributed by atoms with E-state index >= 15 is 0 Å². The van der Waals surface area contributed by atoms with E-state index in [4.69, 9.17) is 4.74 Å². The summed E-state index contributed by atoms with van der Waals surface area (Å²) in [6, 6.07) is 0. The molecule has 0 aromatic carbocycles. The van der Waals surface area contributed by atoms with Crippen LogP contribution in [0.25, 0.3) is 10.2 Å². The largest absolute Gasteiger partial charge is 0.452 e. The summed E-state index contributed by atoms with van der Waals surface area (Å²) in [4.78, 5) is 35.1. The third kappa shape index (κ3) is 5.17. The zero-order chi connectivity index (χ0) is 19.4. The summed E-state index contributed by atoms with van der Waals surface area (Å²) >= 11 is 2.95.